The number of aromatic nitrogens is 1. The lowest BCUT2D eigenvalue weighted by atomic mass is 10.2. The van der Waals surface area contributed by atoms with E-state index >= 15 is 0 Å². The van der Waals surface area contributed by atoms with Crippen molar-refractivity contribution in [3.05, 3.63) is 70.9 Å². The van der Waals surface area contributed by atoms with Crippen LogP contribution in [0.15, 0.2) is 60.8 Å². The van der Waals surface area contributed by atoms with Crippen LogP contribution >= 0.6 is 0 Å². The largest absolute Gasteiger partial charge is 0.457 e. The van der Waals surface area contributed by atoms with Crippen LogP contribution in [0.5, 0.6) is 11.5 Å². The van der Waals surface area contributed by atoms with Crippen LogP contribution in [0.3, 0.4) is 0 Å². The van der Waals surface area contributed by atoms with Crippen molar-refractivity contribution < 1.29 is 9.66 Å². The van der Waals surface area contributed by atoms with Crippen molar-refractivity contribution in [2.75, 3.05) is 0 Å². The first-order valence-electron chi connectivity index (χ1n) is 6.00. The predicted octanol–water partition coefficient (Wildman–Crippen LogP) is 3.94. The van der Waals surface area contributed by atoms with E-state index in [9.17, 15) is 10.1 Å². The number of nitro benzene ring substituents is 1. The number of ether oxygens (including phenoxy) is 1. The molecule has 0 radical (unpaired) electrons. The van der Waals surface area contributed by atoms with Gasteiger partial charge in [-0.2, -0.15) is 0 Å². The quantitative estimate of drug-likeness (QED) is 0.532. The lowest BCUT2D eigenvalue weighted by molar-refractivity contribution is -0.384. The summed E-state index contributed by atoms with van der Waals surface area (Å²) in [7, 11) is 0. The van der Waals surface area contributed by atoms with Gasteiger partial charge in [0, 0.05) is 23.7 Å². The minimum atomic E-state index is -0.439. The molecule has 0 spiro atoms. The van der Waals surface area contributed by atoms with Gasteiger partial charge in [0.2, 0.25) is 0 Å². The van der Waals surface area contributed by atoms with Gasteiger partial charge in [-0.15, -0.1) is 0 Å². The van der Waals surface area contributed by atoms with Crippen molar-refractivity contribution in [2.45, 2.75) is 0 Å². The fourth-order valence-electron chi connectivity index (χ4n) is 1.93. The van der Waals surface area contributed by atoms with Crippen LogP contribution in [-0.2, 0) is 0 Å². The highest BCUT2D eigenvalue weighted by atomic mass is 16.6. The Bertz CT molecular complexity index is 764. The van der Waals surface area contributed by atoms with Gasteiger partial charge in [-0.25, -0.2) is 0 Å². The fraction of sp³-hybridized carbons (Fsp3) is 0. The Kier molecular flexibility index (Phi) is 3.01. The number of nitrogens with zero attached hydrogens (tertiary/aromatic N) is 2. The topological polar surface area (TPSA) is 65.3 Å². The Morgan fingerprint density at radius 3 is 2.55 bits per heavy atom. The second-order valence-electron chi connectivity index (χ2n) is 4.18. The van der Waals surface area contributed by atoms with E-state index in [1.165, 1.54) is 12.1 Å². The molecule has 0 aliphatic rings. The van der Waals surface area contributed by atoms with Crippen molar-refractivity contribution in [3.8, 4) is 11.5 Å². The summed E-state index contributed by atoms with van der Waals surface area (Å²) in [5, 5.41) is 11.5. The molecule has 0 bridgehead atoms. The minimum Gasteiger partial charge on any atom is -0.457 e. The number of pyridine rings is 1. The van der Waals surface area contributed by atoms with E-state index < -0.39 is 4.92 Å². The molecule has 0 amide bonds. The summed E-state index contributed by atoms with van der Waals surface area (Å²) in [6.45, 7) is 0. The van der Waals surface area contributed by atoms with Crippen molar-refractivity contribution >= 4 is 16.6 Å². The first-order valence-corrected chi connectivity index (χ1v) is 6.00. The smallest absolute Gasteiger partial charge is 0.269 e. The molecule has 0 aliphatic heterocycles. The number of fused-ring (bicyclic) bond motifs is 1. The molecule has 0 atom stereocenters. The third kappa shape index (κ3) is 2.29. The van der Waals surface area contributed by atoms with Crippen LogP contribution in [0.2, 0.25) is 0 Å². The highest BCUT2D eigenvalue weighted by Crippen LogP contribution is 2.29. The Morgan fingerprint density at radius 2 is 1.80 bits per heavy atom. The average Bonchev–Trinajstić information content (AvgIpc) is 2.48. The highest BCUT2D eigenvalue weighted by Gasteiger charge is 2.07. The zero-order valence-electron chi connectivity index (χ0n) is 10.4. The summed E-state index contributed by atoms with van der Waals surface area (Å²) < 4.78 is 5.76. The van der Waals surface area contributed by atoms with E-state index in [1.807, 2.05) is 30.3 Å². The van der Waals surface area contributed by atoms with E-state index in [4.69, 9.17) is 4.74 Å². The third-order valence-electron chi connectivity index (χ3n) is 2.88. The summed E-state index contributed by atoms with van der Waals surface area (Å²) in [6, 6.07) is 15.3. The van der Waals surface area contributed by atoms with Crippen LogP contribution in [0.4, 0.5) is 5.69 Å². The van der Waals surface area contributed by atoms with Gasteiger partial charge in [0.05, 0.1) is 10.4 Å². The Morgan fingerprint density at radius 1 is 1.00 bits per heavy atom. The zero-order valence-corrected chi connectivity index (χ0v) is 10.4. The molecule has 0 saturated heterocycles. The van der Waals surface area contributed by atoms with Gasteiger partial charge in [0.15, 0.2) is 0 Å². The third-order valence-corrected chi connectivity index (χ3v) is 2.88. The van der Waals surface area contributed by atoms with E-state index in [1.54, 1.807) is 18.3 Å². The second-order valence-corrected chi connectivity index (χ2v) is 4.18. The first kappa shape index (κ1) is 12.1. The molecule has 98 valence electrons. The van der Waals surface area contributed by atoms with Crippen LogP contribution in [-0.4, -0.2) is 9.91 Å². The monoisotopic (exact) mass is 266 g/mol. The number of hydrogen-bond donors (Lipinski definition) is 0. The molecule has 5 nitrogen and oxygen atoms in total. The molecule has 20 heavy (non-hydrogen) atoms. The molecule has 2 aromatic carbocycles. The van der Waals surface area contributed by atoms with E-state index in [2.05, 4.69) is 4.98 Å². The molecule has 5 heteroatoms. The van der Waals surface area contributed by atoms with E-state index in [-0.39, 0.29) is 5.69 Å². The van der Waals surface area contributed by atoms with Gasteiger partial charge in [0.25, 0.3) is 5.69 Å². The fourth-order valence-corrected chi connectivity index (χ4v) is 1.93. The predicted molar refractivity (Wildman–Crippen MR) is 74.9 cm³/mol. The van der Waals surface area contributed by atoms with Gasteiger partial charge < -0.3 is 4.74 Å². The molecule has 3 aromatic rings. The maximum Gasteiger partial charge on any atom is 0.269 e. The van der Waals surface area contributed by atoms with Gasteiger partial charge in [0.1, 0.15) is 11.5 Å². The van der Waals surface area contributed by atoms with Crippen LogP contribution in [0, 0.1) is 10.1 Å². The molecule has 0 saturated carbocycles. The maximum absolute atomic E-state index is 10.6. The molecular formula is C15H10N2O3. The number of rotatable bonds is 3. The Balaban J connectivity index is 1.95. The van der Waals surface area contributed by atoms with Crippen LogP contribution in [0.1, 0.15) is 0 Å². The minimum absolute atomic E-state index is 0.0388. The van der Waals surface area contributed by atoms with Crippen molar-refractivity contribution in [3.63, 3.8) is 0 Å². The number of hydrogen-bond acceptors (Lipinski definition) is 4. The molecule has 1 heterocycles. The zero-order chi connectivity index (χ0) is 13.9. The standard InChI is InChI=1S/C15H10N2O3/c18-17(19)11-6-8-12(9-7-11)20-15-5-1-4-14-13(15)3-2-10-16-14/h1-10H. The van der Waals surface area contributed by atoms with E-state index in [0.29, 0.717) is 11.5 Å². The summed E-state index contributed by atoms with van der Waals surface area (Å²) in [5.74, 6) is 1.22. The van der Waals surface area contributed by atoms with Crippen molar-refractivity contribution in [2.24, 2.45) is 0 Å². The van der Waals surface area contributed by atoms with Gasteiger partial charge in [-0.3, -0.25) is 15.1 Å². The van der Waals surface area contributed by atoms with Crippen LogP contribution in [0.25, 0.3) is 10.9 Å². The summed E-state index contributed by atoms with van der Waals surface area (Å²) in [4.78, 5) is 14.4. The lowest BCUT2D eigenvalue weighted by Gasteiger charge is -2.08. The number of non-ortho nitro benzene ring substituents is 1. The Labute approximate surface area is 114 Å². The van der Waals surface area contributed by atoms with Gasteiger partial charge in [-0.05, 0) is 36.4 Å². The maximum atomic E-state index is 10.6. The summed E-state index contributed by atoms with van der Waals surface area (Å²) >= 11 is 0. The summed E-state index contributed by atoms with van der Waals surface area (Å²) in [6.07, 6.45) is 1.72. The van der Waals surface area contributed by atoms with Gasteiger partial charge in [-0.1, -0.05) is 6.07 Å². The number of benzene rings is 2. The van der Waals surface area contributed by atoms with Crippen LogP contribution < -0.4 is 4.74 Å². The molecule has 0 aliphatic carbocycles. The number of nitro groups is 1. The Hall–Kier alpha value is -2.95. The highest BCUT2D eigenvalue weighted by molar-refractivity contribution is 5.85. The molecule has 1 aromatic heterocycles. The molecule has 0 fully saturated rings. The molecular weight excluding hydrogens is 256 g/mol. The van der Waals surface area contributed by atoms with Gasteiger partial charge >= 0.3 is 0 Å². The SMILES string of the molecule is O=[N+]([O-])c1ccc(Oc2cccc3ncccc23)cc1. The molecule has 0 unspecified atom stereocenters. The second kappa shape index (κ2) is 4.97. The van der Waals surface area contributed by atoms with Crippen molar-refractivity contribution in [1.29, 1.82) is 0 Å². The molecule has 3 rings (SSSR count). The van der Waals surface area contributed by atoms with Crippen molar-refractivity contribution in [1.82, 2.24) is 4.98 Å². The average molecular weight is 266 g/mol. The molecule has 0 N–H and O–H groups in total. The lowest BCUT2D eigenvalue weighted by Crippen LogP contribution is -1.89. The summed E-state index contributed by atoms with van der Waals surface area (Å²) in [5.41, 5.74) is 0.879. The normalized spacial score (nSPS) is 10.4. The van der Waals surface area contributed by atoms with E-state index in [0.717, 1.165) is 10.9 Å². The first-order chi connectivity index (χ1) is 9.74.